The van der Waals surface area contributed by atoms with Gasteiger partial charge >= 0.3 is 0 Å². The third-order valence-electron chi connectivity index (χ3n) is 2.23. The zero-order valence-corrected chi connectivity index (χ0v) is 9.76. The fourth-order valence-electron chi connectivity index (χ4n) is 1.47. The van der Waals surface area contributed by atoms with Crippen molar-refractivity contribution in [3.05, 3.63) is 48.4 Å². The second-order valence-electron chi connectivity index (χ2n) is 3.46. The number of rotatable bonds is 5. The van der Waals surface area contributed by atoms with E-state index in [0.717, 1.165) is 17.3 Å². The van der Waals surface area contributed by atoms with Crippen LogP contribution >= 0.6 is 0 Å². The molecule has 2 heterocycles. The second-order valence-corrected chi connectivity index (χ2v) is 3.46. The van der Waals surface area contributed by atoms with Crippen LogP contribution in [0.15, 0.2) is 42.7 Å². The molecule has 0 saturated carbocycles. The molecule has 17 heavy (non-hydrogen) atoms. The first-order chi connectivity index (χ1) is 8.40. The van der Waals surface area contributed by atoms with Gasteiger partial charge in [0.2, 0.25) is 0 Å². The van der Waals surface area contributed by atoms with E-state index in [1.807, 2.05) is 37.3 Å². The third-order valence-corrected chi connectivity index (χ3v) is 2.23. The van der Waals surface area contributed by atoms with Crippen LogP contribution in [0.2, 0.25) is 0 Å². The fourth-order valence-corrected chi connectivity index (χ4v) is 1.47. The van der Waals surface area contributed by atoms with Crippen molar-refractivity contribution < 1.29 is 4.74 Å². The van der Waals surface area contributed by atoms with Crippen molar-refractivity contribution in [1.82, 2.24) is 9.97 Å². The average molecular weight is 229 g/mol. The second kappa shape index (κ2) is 5.84. The molecule has 0 aliphatic heterocycles. The predicted molar refractivity (Wildman–Crippen MR) is 67.0 cm³/mol. The van der Waals surface area contributed by atoms with Crippen LogP contribution in [0, 0.1) is 0 Å². The number of nitrogens with one attached hydrogen (secondary N) is 1. The molecule has 0 saturated heterocycles. The van der Waals surface area contributed by atoms with Gasteiger partial charge in [-0.3, -0.25) is 4.98 Å². The van der Waals surface area contributed by atoms with Gasteiger partial charge in [0.1, 0.15) is 0 Å². The van der Waals surface area contributed by atoms with Crippen LogP contribution in [-0.2, 0) is 6.54 Å². The molecule has 0 amide bonds. The maximum atomic E-state index is 5.48. The fraction of sp³-hybridized carbons (Fsp3) is 0.231. The van der Waals surface area contributed by atoms with Gasteiger partial charge in [-0.1, -0.05) is 6.07 Å². The van der Waals surface area contributed by atoms with E-state index in [1.54, 1.807) is 12.4 Å². The summed E-state index contributed by atoms with van der Waals surface area (Å²) < 4.78 is 5.48. The maximum absolute atomic E-state index is 5.48. The molecule has 2 aromatic heterocycles. The average Bonchev–Trinajstić information content (AvgIpc) is 2.39. The summed E-state index contributed by atoms with van der Waals surface area (Å²) in [5.74, 6) is 1.52. The lowest BCUT2D eigenvalue weighted by molar-refractivity contribution is 0.340. The number of ether oxygens (including phenoxy) is 1. The Labute approximate surface area is 101 Å². The van der Waals surface area contributed by atoms with Crippen LogP contribution in [0.5, 0.6) is 5.75 Å². The minimum atomic E-state index is 0.629. The van der Waals surface area contributed by atoms with Crippen molar-refractivity contribution in [2.75, 3.05) is 11.9 Å². The summed E-state index contributed by atoms with van der Waals surface area (Å²) in [7, 11) is 0. The molecule has 4 nitrogen and oxygen atoms in total. The zero-order valence-electron chi connectivity index (χ0n) is 9.76. The molecule has 4 heteroatoms. The van der Waals surface area contributed by atoms with Gasteiger partial charge in [-0.2, -0.15) is 0 Å². The Morgan fingerprint density at radius 2 is 2.00 bits per heavy atom. The standard InChI is InChI=1S/C13H15N3O/c1-2-17-12-7-5-9-15-13(12)16-10-11-6-3-4-8-14-11/h3-9H,2,10H2,1H3,(H,15,16). The number of hydrogen-bond donors (Lipinski definition) is 1. The van der Waals surface area contributed by atoms with Crippen molar-refractivity contribution in [1.29, 1.82) is 0 Å². The van der Waals surface area contributed by atoms with Gasteiger partial charge in [0.25, 0.3) is 0 Å². The van der Waals surface area contributed by atoms with Gasteiger partial charge in [-0.25, -0.2) is 4.98 Å². The molecular weight excluding hydrogens is 214 g/mol. The van der Waals surface area contributed by atoms with E-state index in [0.29, 0.717) is 13.2 Å². The van der Waals surface area contributed by atoms with Crippen molar-refractivity contribution in [2.24, 2.45) is 0 Å². The molecule has 88 valence electrons. The monoisotopic (exact) mass is 229 g/mol. The highest BCUT2D eigenvalue weighted by Crippen LogP contribution is 2.20. The summed E-state index contributed by atoms with van der Waals surface area (Å²) in [6.07, 6.45) is 3.52. The highest BCUT2D eigenvalue weighted by Gasteiger charge is 2.03. The molecule has 0 atom stereocenters. The van der Waals surface area contributed by atoms with E-state index in [9.17, 15) is 0 Å². The summed E-state index contributed by atoms with van der Waals surface area (Å²) in [6.45, 7) is 3.22. The van der Waals surface area contributed by atoms with Crippen LogP contribution in [0.4, 0.5) is 5.82 Å². The molecule has 2 rings (SSSR count). The summed E-state index contributed by atoms with van der Waals surface area (Å²) >= 11 is 0. The molecule has 0 fully saturated rings. The Balaban J connectivity index is 2.03. The molecule has 0 unspecified atom stereocenters. The zero-order chi connectivity index (χ0) is 11.9. The van der Waals surface area contributed by atoms with Crippen LogP contribution in [0.1, 0.15) is 12.6 Å². The molecule has 0 bridgehead atoms. The first-order valence-corrected chi connectivity index (χ1v) is 5.61. The highest BCUT2D eigenvalue weighted by molar-refractivity contribution is 5.49. The van der Waals surface area contributed by atoms with Gasteiger partial charge in [0.15, 0.2) is 11.6 Å². The minimum absolute atomic E-state index is 0.629. The van der Waals surface area contributed by atoms with Crippen LogP contribution in [0.3, 0.4) is 0 Å². The van der Waals surface area contributed by atoms with E-state index in [4.69, 9.17) is 4.74 Å². The van der Waals surface area contributed by atoms with Crippen molar-refractivity contribution in [3.63, 3.8) is 0 Å². The van der Waals surface area contributed by atoms with Crippen LogP contribution in [0.25, 0.3) is 0 Å². The number of pyridine rings is 2. The lowest BCUT2D eigenvalue weighted by Gasteiger charge is -2.10. The summed E-state index contributed by atoms with van der Waals surface area (Å²) in [5.41, 5.74) is 0.973. The van der Waals surface area contributed by atoms with Crippen LogP contribution in [-0.4, -0.2) is 16.6 Å². The van der Waals surface area contributed by atoms with Gasteiger partial charge in [-0.05, 0) is 31.2 Å². The Hall–Kier alpha value is -2.10. The van der Waals surface area contributed by atoms with Crippen molar-refractivity contribution >= 4 is 5.82 Å². The smallest absolute Gasteiger partial charge is 0.169 e. The summed E-state index contributed by atoms with van der Waals surface area (Å²) in [5, 5.41) is 3.22. The van der Waals surface area contributed by atoms with Gasteiger partial charge in [0.05, 0.1) is 18.8 Å². The lowest BCUT2D eigenvalue weighted by Crippen LogP contribution is -2.05. The number of anilines is 1. The molecule has 0 aliphatic rings. The van der Waals surface area contributed by atoms with Gasteiger partial charge < -0.3 is 10.1 Å². The maximum Gasteiger partial charge on any atom is 0.169 e. The van der Waals surface area contributed by atoms with Crippen molar-refractivity contribution in [3.8, 4) is 5.75 Å². The predicted octanol–water partition coefficient (Wildman–Crippen LogP) is 2.49. The van der Waals surface area contributed by atoms with E-state index >= 15 is 0 Å². The van der Waals surface area contributed by atoms with E-state index in [-0.39, 0.29) is 0 Å². The van der Waals surface area contributed by atoms with Crippen LogP contribution < -0.4 is 10.1 Å². The Morgan fingerprint density at radius 1 is 1.12 bits per heavy atom. The molecule has 0 aromatic carbocycles. The molecule has 0 spiro atoms. The Kier molecular flexibility index (Phi) is 3.91. The molecule has 0 aliphatic carbocycles. The van der Waals surface area contributed by atoms with Gasteiger partial charge in [0, 0.05) is 12.4 Å². The highest BCUT2D eigenvalue weighted by atomic mass is 16.5. The number of hydrogen-bond acceptors (Lipinski definition) is 4. The third kappa shape index (κ3) is 3.17. The minimum Gasteiger partial charge on any atom is -0.490 e. The first-order valence-electron chi connectivity index (χ1n) is 5.61. The molecule has 2 aromatic rings. The lowest BCUT2D eigenvalue weighted by atomic mass is 10.3. The normalized spacial score (nSPS) is 9.94. The molecule has 1 N–H and O–H groups in total. The summed E-state index contributed by atoms with van der Waals surface area (Å²) in [4.78, 5) is 8.49. The number of nitrogens with zero attached hydrogens (tertiary/aromatic N) is 2. The number of aromatic nitrogens is 2. The van der Waals surface area contributed by atoms with E-state index in [1.165, 1.54) is 0 Å². The quantitative estimate of drug-likeness (QED) is 0.855. The SMILES string of the molecule is CCOc1cccnc1NCc1ccccn1. The topological polar surface area (TPSA) is 47.0 Å². The summed E-state index contributed by atoms with van der Waals surface area (Å²) in [6, 6.07) is 9.59. The van der Waals surface area contributed by atoms with E-state index in [2.05, 4.69) is 15.3 Å². The van der Waals surface area contributed by atoms with Gasteiger partial charge in [-0.15, -0.1) is 0 Å². The van der Waals surface area contributed by atoms with E-state index < -0.39 is 0 Å². The largest absolute Gasteiger partial charge is 0.490 e. The molecular formula is C13H15N3O. The first kappa shape index (κ1) is 11.4. The Morgan fingerprint density at radius 3 is 2.76 bits per heavy atom. The molecule has 0 radical (unpaired) electrons. The Bertz CT molecular complexity index is 459. The van der Waals surface area contributed by atoms with Crippen molar-refractivity contribution in [2.45, 2.75) is 13.5 Å².